The van der Waals surface area contributed by atoms with Crippen molar-refractivity contribution in [3.8, 4) is 0 Å². The molecule has 2 aromatic rings. The van der Waals surface area contributed by atoms with Gasteiger partial charge in [0.25, 0.3) is 0 Å². The molecule has 21 heavy (non-hydrogen) atoms. The zero-order chi connectivity index (χ0) is 15.1. The normalized spacial score (nSPS) is 11.0. The number of fused-ring (bicyclic) bond motifs is 1. The Balaban J connectivity index is 2.06. The van der Waals surface area contributed by atoms with Crippen LogP contribution in [-0.4, -0.2) is 19.6 Å². The number of carbonyl (C=O) groups excluding carboxylic acids is 1. The summed E-state index contributed by atoms with van der Waals surface area (Å²) in [6.45, 7) is 3.50. The summed E-state index contributed by atoms with van der Waals surface area (Å²) in [7, 11) is 1.41. The van der Waals surface area contributed by atoms with E-state index in [1.807, 2.05) is 18.2 Å². The third-order valence-electron chi connectivity index (χ3n) is 3.57. The van der Waals surface area contributed by atoms with Gasteiger partial charge in [0.1, 0.15) is 11.3 Å². The highest BCUT2D eigenvalue weighted by molar-refractivity contribution is 5.82. The van der Waals surface area contributed by atoms with E-state index in [9.17, 15) is 4.79 Å². The van der Waals surface area contributed by atoms with Crippen molar-refractivity contribution in [2.24, 2.45) is 0 Å². The van der Waals surface area contributed by atoms with Gasteiger partial charge in [0.2, 0.25) is 0 Å². The van der Waals surface area contributed by atoms with Gasteiger partial charge in [-0.25, -0.2) is 0 Å². The maximum atomic E-state index is 11.1. The Morgan fingerprint density at radius 2 is 2.14 bits per heavy atom. The van der Waals surface area contributed by atoms with E-state index in [4.69, 9.17) is 4.42 Å². The molecule has 0 bridgehead atoms. The molecule has 1 heterocycles. The van der Waals surface area contributed by atoms with E-state index in [-0.39, 0.29) is 5.97 Å². The molecular formula is C17H23NO3. The third-order valence-corrected chi connectivity index (χ3v) is 3.57. The highest BCUT2D eigenvalue weighted by Crippen LogP contribution is 2.27. The number of benzene rings is 1. The number of unbranched alkanes of at least 4 members (excludes halogenated alkanes) is 1. The molecule has 0 aliphatic rings. The molecule has 0 aliphatic heterocycles. The number of hydrogen-bond acceptors (Lipinski definition) is 4. The number of carbonyl (C=O) groups is 1. The van der Waals surface area contributed by atoms with Crippen molar-refractivity contribution >= 4 is 16.9 Å². The van der Waals surface area contributed by atoms with Gasteiger partial charge in [-0.15, -0.1) is 0 Å². The fourth-order valence-corrected chi connectivity index (χ4v) is 2.39. The number of methoxy groups -OCH3 is 1. The molecule has 0 aliphatic carbocycles. The molecule has 1 aromatic heterocycles. The number of hydrogen-bond donors (Lipinski definition) is 1. The number of para-hydroxylation sites is 1. The van der Waals surface area contributed by atoms with Crippen molar-refractivity contribution in [1.82, 2.24) is 5.32 Å². The van der Waals surface area contributed by atoms with Crippen LogP contribution < -0.4 is 5.32 Å². The van der Waals surface area contributed by atoms with Gasteiger partial charge in [-0.1, -0.05) is 31.5 Å². The van der Waals surface area contributed by atoms with Gasteiger partial charge in [0, 0.05) is 30.5 Å². The van der Waals surface area contributed by atoms with Crippen molar-refractivity contribution < 1.29 is 13.9 Å². The van der Waals surface area contributed by atoms with Crippen LogP contribution in [0.15, 0.2) is 28.7 Å². The van der Waals surface area contributed by atoms with Crippen LogP contribution >= 0.6 is 0 Å². The predicted molar refractivity (Wildman–Crippen MR) is 83.2 cm³/mol. The Bertz CT molecular complexity index is 589. The van der Waals surface area contributed by atoms with E-state index in [0.29, 0.717) is 19.5 Å². The summed E-state index contributed by atoms with van der Waals surface area (Å²) in [4.78, 5) is 11.1. The smallest absolute Gasteiger partial charge is 0.306 e. The predicted octanol–water partition coefficient (Wildman–Crippen LogP) is 3.43. The number of esters is 1. The van der Waals surface area contributed by atoms with Gasteiger partial charge in [-0.2, -0.15) is 0 Å². The molecule has 0 unspecified atom stereocenters. The second-order valence-electron chi connectivity index (χ2n) is 5.11. The zero-order valence-corrected chi connectivity index (χ0v) is 12.8. The Hall–Kier alpha value is -1.81. The van der Waals surface area contributed by atoms with E-state index in [1.54, 1.807) is 0 Å². The maximum Gasteiger partial charge on any atom is 0.306 e. The van der Waals surface area contributed by atoms with Gasteiger partial charge in [0.15, 0.2) is 0 Å². The monoisotopic (exact) mass is 289 g/mol. The summed E-state index contributed by atoms with van der Waals surface area (Å²) < 4.78 is 10.6. The molecule has 4 nitrogen and oxygen atoms in total. The number of furan rings is 1. The summed E-state index contributed by atoms with van der Waals surface area (Å²) >= 11 is 0. The molecule has 4 heteroatoms. The second-order valence-corrected chi connectivity index (χ2v) is 5.11. The molecule has 0 amide bonds. The van der Waals surface area contributed by atoms with Crippen LogP contribution in [0.1, 0.15) is 37.5 Å². The zero-order valence-electron chi connectivity index (χ0n) is 12.8. The molecule has 0 saturated heterocycles. The lowest BCUT2D eigenvalue weighted by Gasteiger charge is -2.05. The lowest BCUT2D eigenvalue weighted by Crippen LogP contribution is -2.18. The fraction of sp³-hybridized carbons (Fsp3) is 0.471. The van der Waals surface area contributed by atoms with Crippen LogP contribution in [0.2, 0.25) is 0 Å². The van der Waals surface area contributed by atoms with E-state index in [0.717, 1.165) is 36.0 Å². The van der Waals surface area contributed by atoms with Crippen LogP contribution in [0.5, 0.6) is 0 Å². The summed E-state index contributed by atoms with van der Waals surface area (Å²) in [5.74, 6) is 0.870. The van der Waals surface area contributed by atoms with Gasteiger partial charge in [0.05, 0.1) is 13.5 Å². The maximum absolute atomic E-state index is 11.1. The van der Waals surface area contributed by atoms with Crippen LogP contribution in [0.4, 0.5) is 0 Å². The Kier molecular flexibility index (Phi) is 5.81. The van der Waals surface area contributed by atoms with Gasteiger partial charge in [-0.3, -0.25) is 4.79 Å². The molecule has 0 saturated carbocycles. The van der Waals surface area contributed by atoms with E-state index in [2.05, 4.69) is 23.0 Å². The Morgan fingerprint density at radius 1 is 1.33 bits per heavy atom. The fourth-order valence-electron chi connectivity index (χ4n) is 2.39. The van der Waals surface area contributed by atoms with Crippen molar-refractivity contribution in [1.29, 1.82) is 0 Å². The standard InChI is InChI=1S/C17H23NO3/c1-3-4-8-16-14(12-18-11-10-17(19)20-2)13-7-5-6-9-15(13)21-16/h5-7,9,18H,3-4,8,10-12H2,1-2H3. The van der Waals surface area contributed by atoms with Gasteiger partial charge >= 0.3 is 5.97 Å². The number of nitrogens with one attached hydrogen (secondary N) is 1. The first-order chi connectivity index (χ1) is 10.3. The van der Waals surface area contributed by atoms with Crippen molar-refractivity contribution in [2.75, 3.05) is 13.7 Å². The molecule has 2 rings (SSSR count). The quantitative estimate of drug-likeness (QED) is 0.597. The summed E-state index contributed by atoms with van der Waals surface area (Å²) in [5, 5.41) is 4.46. The van der Waals surface area contributed by atoms with Gasteiger partial charge in [-0.05, 0) is 12.5 Å². The topological polar surface area (TPSA) is 51.5 Å². The van der Waals surface area contributed by atoms with E-state index in [1.165, 1.54) is 12.7 Å². The lowest BCUT2D eigenvalue weighted by molar-refractivity contribution is -0.140. The van der Waals surface area contributed by atoms with Gasteiger partial charge < -0.3 is 14.5 Å². The molecule has 1 N–H and O–H groups in total. The first-order valence-corrected chi connectivity index (χ1v) is 7.53. The van der Waals surface area contributed by atoms with Crippen molar-refractivity contribution in [2.45, 2.75) is 39.2 Å². The van der Waals surface area contributed by atoms with Crippen LogP contribution in [0, 0.1) is 0 Å². The highest BCUT2D eigenvalue weighted by atomic mass is 16.5. The molecule has 114 valence electrons. The Labute approximate surface area is 125 Å². The molecular weight excluding hydrogens is 266 g/mol. The summed E-state index contributed by atoms with van der Waals surface area (Å²) in [5.41, 5.74) is 2.15. The first kappa shape index (κ1) is 15.6. The number of ether oxygens (including phenoxy) is 1. The lowest BCUT2D eigenvalue weighted by atomic mass is 10.1. The molecule has 0 spiro atoms. The average molecular weight is 289 g/mol. The highest BCUT2D eigenvalue weighted by Gasteiger charge is 2.13. The SMILES string of the molecule is CCCCc1oc2ccccc2c1CNCCC(=O)OC. The Morgan fingerprint density at radius 3 is 2.90 bits per heavy atom. The van der Waals surface area contributed by atoms with Crippen molar-refractivity contribution in [3.05, 3.63) is 35.6 Å². The third kappa shape index (κ3) is 4.08. The minimum absolute atomic E-state index is 0.189. The minimum Gasteiger partial charge on any atom is -0.469 e. The number of aryl methyl sites for hydroxylation is 1. The molecule has 0 atom stereocenters. The number of rotatable bonds is 8. The van der Waals surface area contributed by atoms with Crippen molar-refractivity contribution in [3.63, 3.8) is 0 Å². The first-order valence-electron chi connectivity index (χ1n) is 7.53. The molecule has 1 aromatic carbocycles. The molecule has 0 radical (unpaired) electrons. The summed E-state index contributed by atoms with van der Waals surface area (Å²) in [6, 6.07) is 8.11. The summed E-state index contributed by atoms with van der Waals surface area (Å²) in [6.07, 6.45) is 3.61. The van der Waals surface area contributed by atoms with E-state index < -0.39 is 0 Å². The van der Waals surface area contributed by atoms with E-state index >= 15 is 0 Å². The second kappa shape index (κ2) is 7.84. The van der Waals surface area contributed by atoms with Crippen LogP contribution in [0.3, 0.4) is 0 Å². The van der Waals surface area contributed by atoms with Crippen LogP contribution in [0.25, 0.3) is 11.0 Å². The minimum atomic E-state index is -0.189. The molecule has 0 fully saturated rings. The van der Waals surface area contributed by atoms with Crippen LogP contribution in [-0.2, 0) is 22.5 Å². The average Bonchev–Trinajstić information content (AvgIpc) is 2.87. The largest absolute Gasteiger partial charge is 0.469 e.